The number of rotatable bonds is 7. The number of benzene rings is 2. The van der Waals surface area contributed by atoms with E-state index in [1.807, 2.05) is 30.3 Å². The lowest BCUT2D eigenvalue weighted by molar-refractivity contribution is -0.139. The van der Waals surface area contributed by atoms with Gasteiger partial charge in [-0.2, -0.15) is 0 Å². The molecule has 0 radical (unpaired) electrons. The molecule has 35 heavy (non-hydrogen) atoms. The number of hydrogen-bond donors (Lipinski definition) is 2. The van der Waals surface area contributed by atoms with Crippen molar-refractivity contribution in [2.75, 3.05) is 0 Å². The van der Waals surface area contributed by atoms with Crippen molar-refractivity contribution < 1.29 is 28.6 Å². The summed E-state index contributed by atoms with van der Waals surface area (Å²) in [5.41, 5.74) is 0.766. The number of para-hydroxylation sites is 1. The SMILES string of the molecule is CC(NC(=O)OC(C)(C)C)C(C(=O)O)c1cccc(-c2ccccc2)c1Oc1ncc(Br)cc1F. The van der Waals surface area contributed by atoms with Gasteiger partial charge in [0.1, 0.15) is 17.3 Å². The molecule has 0 fully saturated rings. The number of nitrogens with zero attached hydrogens (tertiary/aromatic N) is 1. The maximum absolute atomic E-state index is 14.6. The Morgan fingerprint density at radius 3 is 2.40 bits per heavy atom. The molecule has 3 rings (SSSR count). The zero-order valence-corrected chi connectivity index (χ0v) is 21.3. The molecule has 184 valence electrons. The molecule has 1 aromatic heterocycles. The minimum Gasteiger partial charge on any atom is -0.481 e. The number of amides is 1. The number of ether oxygens (including phenoxy) is 2. The molecule has 0 saturated heterocycles. The van der Waals surface area contributed by atoms with E-state index in [4.69, 9.17) is 9.47 Å². The summed E-state index contributed by atoms with van der Waals surface area (Å²) in [6.45, 7) is 6.68. The third kappa shape index (κ3) is 6.79. The summed E-state index contributed by atoms with van der Waals surface area (Å²) in [6.07, 6.45) is 0.628. The van der Waals surface area contributed by atoms with Gasteiger partial charge in [0.15, 0.2) is 5.82 Å². The standard InChI is InChI=1S/C26H26BrFN2O5/c1-15(30-25(33)35-26(2,3)4)21(24(31)32)19-12-8-11-18(16-9-6-5-7-10-16)22(19)34-23-20(28)13-17(27)14-29-23/h5-15,21H,1-4H3,(H,30,33)(H,31,32). The average Bonchev–Trinajstić information content (AvgIpc) is 2.75. The molecule has 0 aliphatic heterocycles. The van der Waals surface area contributed by atoms with Crippen molar-refractivity contribution in [3.8, 4) is 22.8 Å². The molecule has 2 N–H and O–H groups in total. The lowest BCUT2D eigenvalue weighted by atomic mass is 9.89. The second kappa shape index (κ2) is 10.9. The highest BCUT2D eigenvalue weighted by atomic mass is 79.9. The van der Waals surface area contributed by atoms with Crippen LogP contribution in [-0.4, -0.2) is 33.8 Å². The van der Waals surface area contributed by atoms with E-state index in [2.05, 4.69) is 26.2 Å². The monoisotopic (exact) mass is 544 g/mol. The lowest BCUT2D eigenvalue weighted by Crippen LogP contribution is -2.42. The van der Waals surface area contributed by atoms with Crippen molar-refractivity contribution in [2.45, 2.75) is 45.3 Å². The Kier molecular flexibility index (Phi) is 8.11. The van der Waals surface area contributed by atoms with Gasteiger partial charge in [-0.3, -0.25) is 4.79 Å². The predicted octanol–water partition coefficient (Wildman–Crippen LogP) is 6.52. The van der Waals surface area contributed by atoms with Crippen LogP contribution in [0.4, 0.5) is 9.18 Å². The molecule has 0 spiro atoms. The maximum Gasteiger partial charge on any atom is 0.407 e. The van der Waals surface area contributed by atoms with E-state index in [0.29, 0.717) is 10.0 Å². The topological polar surface area (TPSA) is 97.8 Å². The molecule has 0 aliphatic carbocycles. The van der Waals surface area contributed by atoms with Gasteiger partial charge in [0, 0.05) is 27.8 Å². The van der Waals surface area contributed by atoms with Crippen LogP contribution in [0.5, 0.6) is 11.6 Å². The summed E-state index contributed by atoms with van der Waals surface area (Å²) in [5.74, 6) is -3.35. The van der Waals surface area contributed by atoms with Gasteiger partial charge in [0.05, 0.1) is 0 Å². The lowest BCUT2D eigenvalue weighted by Gasteiger charge is -2.27. The Bertz CT molecular complexity index is 1210. The number of aromatic nitrogens is 1. The molecule has 2 unspecified atom stereocenters. The van der Waals surface area contributed by atoms with Crippen molar-refractivity contribution in [3.63, 3.8) is 0 Å². The fourth-order valence-corrected chi connectivity index (χ4v) is 3.83. The zero-order chi connectivity index (χ0) is 25.8. The molecule has 3 aromatic rings. The van der Waals surface area contributed by atoms with Crippen LogP contribution in [0, 0.1) is 5.82 Å². The van der Waals surface area contributed by atoms with Crippen molar-refractivity contribution in [1.82, 2.24) is 10.3 Å². The van der Waals surface area contributed by atoms with E-state index in [0.717, 1.165) is 5.56 Å². The highest BCUT2D eigenvalue weighted by molar-refractivity contribution is 9.10. The van der Waals surface area contributed by atoms with Crippen LogP contribution >= 0.6 is 15.9 Å². The molecule has 0 aliphatic rings. The Labute approximate surface area is 211 Å². The number of halogens is 2. The second-order valence-corrected chi connectivity index (χ2v) is 9.80. The van der Waals surface area contributed by atoms with Crippen molar-refractivity contribution in [2.24, 2.45) is 0 Å². The van der Waals surface area contributed by atoms with E-state index in [1.54, 1.807) is 45.9 Å². The summed E-state index contributed by atoms with van der Waals surface area (Å²) in [6, 6.07) is 14.5. The number of nitrogens with one attached hydrogen (secondary N) is 1. The molecule has 2 atom stereocenters. The van der Waals surface area contributed by atoms with E-state index in [9.17, 15) is 19.1 Å². The van der Waals surface area contributed by atoms with E-state index in [-0.39, 0.29) is 17.2 Å². The number of alkyl carbamates (subject to hydrolysis) is 1. The molecule has 0 saturated carbocycles. The molecule has 0 bridgehead atoms. The number of pyridine rings is 1. The minimum absolute atomic E-state index is 0.123. The van der Waals surface area contributed by atoms with Gasteiger partial charge in [-0.1, -0.05) is 48.5 Å². The van der Waals surface area contributed by atoms with Gasteiger partial charge < -0.3 is 19.9 Å². The van der Waals surface area contributed by atoms with E-state index < -0.39 is 35.4 Å². The third-order valence-corrected chi connectivity index (χ3v) is 5.38. The minimum atomic E-state index is -1.24. The largest absolute Gasteiger partial charge is 0.481 e. The van der Waals surface area contributed by atoms with Gasteiger partial charge in [-0.25, -0.2) is 14.2 Å². The van der Waals surface area contributed by atoms with Crippen molar-refractivity contribution >= 4 is 28.0 Å². The first-order valence-corrected chi connectivity index (χ1v) is 11.6. The number of carboxylic acids is 1. The zero-order valence-electron chi connectivity index (χ0n) is 19.7. The fourth-order valence-electron chi connectivity index (χ4n) is 3.53. The summed E-state index contributed by atoms with van der Waals surface area (Å²) in [7, 11) is 0. The van der Waals surface area contributed by atoms with Gasteiger partial charge in [-0.05, 0) is 55.3 Å². The van der Waals surface area contributed by atoms with Gasteiger partial charge in [0.25, 0.3) is 5.88 Å². The maximum atomic E-state index is 14.6. The third-order valence-electron chi connectivity index (χ3n) is 4.95. The summed E-state index contributed by atoms with van der Waals surface area (Å²) >= 11 is 3.16. The molecular formula is C26H26BrFN2O5. The molecule has 7 nitrogen and oxygen atoms in total. The Hall–Kier alpha value is -3.46. The number of carboxylic acid groups (broad SMARTS) is 1. The van der Waals surface area contributed by atoms with E-state index >= 15 is 0 Å². The quantitative estimate of drug-likeness (QED) is 0.351. The highest BCUT2D eigenvalue weighted by Crippen LogP contribution is 2.41. The molecule has 2 aromatic carbocycles. The van der Waals surface area contributed by atoms with Crippen molar-refractivity contribution in [3.05, 3.63) is 76.6 Å². The molecule has 1 amide bonds. The number of carbonyl (C=O) groups excluding carboxylic acids is 1. The molecule has 1 heterocycles. The first-order chi connectivity index (χ1) is 16.5. The van der Waals surface area contributed by atoms with Crippen LogP contribution in [0.3, 0.4) is 0 Å². The summed E-state index contributed by atoms with van der Waals surface area (Å²) < 4.78 is 26.3. The van der Waals surface area contributed by atoms with Gasteiger partial charge in [-0.15, -0.1) is 0 Å². The Morgan fingerprint density at radius 1 is 1.11 bits per heavy atom. The summed E-state index contributed by atoms with van der Waals surface area (Å²) in [5, 5.41) is 12.7. The van der Waals surface area contributed by atoms with Crippen LogP contribution < -0.4 is 10.1 Å². The number of hydrogen-bond acceptors (Lipinski definition) is 5. The van der Waals surface area contributed by atoms with Gasteiger partial charge in [0.2, 0.25) is 0 Å². The second-order valence-electron chi connectivity index (χ2n) is 8.88. The molecular weight excluding hydrogens is 519 g/mol. The first kappa shape index (κ1) is 26.2. The number of carbonyl (C=O) groups is 2. The fraction of sp³-hybridized carbons (Fsp3) is 0.269. The van der Waals surface area contributed by atoms with Crippen molar-refractivity contribution in [1.29, 1.82) is 0 Å². The van der Waals surface area contributed by atoms with Crippen LogP contribution in [-0.2, 0) is 9.53 Å². The van der Waals surface area contributed by atoms with E-state index in [1.165, 1.54) is 12.3 Å². The van der Waals surface area contributed by atoms with Crippen LogP contribution in [0.2, 0.25) is 0 Å². The Morgan fingerprint density at radius 2 is 1.80 bits per heavy atom. The normalized spacial score (nSPS) is 13.0. The van der Waals surface area contributed by atoms with Crippen LogP contribution in [0.15, 0.2) is 65.3 Å². The predicted molar refractivity (Wildman–Crippen MR) is 133 cm³/mol. The average molecular weight is 545 g/mol. The first-order valence-electron chi connectivity index (χ1n) is 10.9. The summed E-state index contributed by atoms with van der Waals surface area (Å²) in [4.78, 5) is 28.8. The highest BCUT2D eigenvalue weighted by Gasteiger charge is 2.33. The molecule has 9 heteroatoms. The van der Waals surface area contributed by atoms with Crippen LogP contribution in [0.1, 0.15) is 39.2 Å². The smallest absolute Gasteiger partial charge is 0.407 e. The van der Waals surface area contributed by atoms with Crippen LogP contribution in [0.25, 0.3) is 11.1 Å². The Balaban J connectivity index is 2.11. The number of aliphatic carboxylic acids is 1. The van der Waals surface area contributed by atoms with Gasteiger partial charge >= 0.3 is 12.1 Å².